The minimum absolute atomic E-state index is 0. The van der Waals surface area contributed by atoms with Crippen LogP contribution in [0.25, 0.3) is 0 Å². The number of aryl methyl sites for hydroxylation is 1. The fourth-order valence-electron chi connectivity index (χ4n) is 1.09. The van der Waals surface area contributed by atoms with E-state index in [1.165, 1.54) is 21.3 Å². The van der Waals surface area contributed by atoms with Gasteiger partial charge in [0, 0.05) is 0 Å². The van der Waals surface area contributed by atoms with Gasteiger partial charge in [-0.05, 0) is 0 Å². The summed E-state index contributed by atoms with van der Waals surface area (Å²) < 4.78 is 1.29. The molecule has 0 aliphatic heterocycles. The van der Waals surface area contributed by atoms with Gasteiger partial charge in [-0.15, -0.1) is 13.2 Å². The molecule has 1 aromatic heterocycles. The van der Waals surface area contributed by atoms with Gasteiger partial charge >= 0.3 is 85.3 Å². The summed E-state index contributed by atoms with van der Waals surface area (Å²) in [6, 6.07) is 2.42. The van der Waals surface area contributed by atoms with Crippen LogP contribution in [0.5, 0.6) is 0 Å². The van der Waals surface area contributed by atoms with Crippen LogP contribution in [-0.4, -0.2) is 35.7 Å². The number of nitrogens with two attached hydrogens (primary N) is 1. The predicted molar refractivity (Wildman–Crippen MR) is 72.3 cm³/mol. The van der Waals surface area contributed by atoms with E-state index < -0.39 is 0 Å². The van der Waals surface area contributed by atoms with Crippen molar-refractivity contribution in [2.75, 3.05) is 13.2 Å². The Morgan fingerprint density at radius 1 is 1.35 bits per heavy atom. The van der Waals surface area contributed by atoms with E-state index in [0.29, 0.717) is 0 Å². The SMILES string of the molecule is CC(N)c1sccc1C[CH2][Sn+2].CC[O-].CC[O-]. The van der Waals surface area contributed by atoms with Crippen molar-refractivity contribution in [2.24, 2.45) is 5.73 Å². The van der Waals surface area contributed by atoms with Crippen LogP contribution in [0.2, 0.25) is 4.44 Å². The first-order valence-electron chi connectivity index (χ1n) is 5.71. The molecule has 1 rings (SSSR count). The van der Waals surface area contributed by atoms with Crippen molar-refractivity contribution >= 4 is 33.9 Å². The molecule has 1 atom stereocenters. The summed E-state index contributed by atoms with van der Waals surface area (Å²) in [4.78, 5) is 1.37. The van der Waals surface area contributed by atoms with E-state index in [1.807, 2.05) is 0 Å². The molecule has 0 aliphatic carbocycles. The van der Waals surface area contributed by atoms with Gasteiger partial charge in [0.25, 0.3) is 0 Å². The molecule has 0 amide bonds. The summed E-state index contributed by atoms with van der Waals surface area (Å²) in [5.74, 6) is 0. The molecule has 0 fully saturated rings. The molecule has 0 saturated carbocycles. The minimum atomic E-state index is 0. The molecule has 2 N–H and O–H groups in total. The van der Waals surface area contributed by atoms with Gasteiger partial charge in [0.2, 0.25) is 0 Å². The molecule has 1 unspecified atom stereocenters. The first kappa shape index (κ1) is 19.7. The first-order chi connectivity index (χ1) is 8.08. The van der Waals surface area contributed by atoms with Crippen molar-refractivity contribution in [3.05, 3.63) is 21.9 Å². The van der Waals surface area contributed by atoms with Gasteiger partial charge in [-0.1, -0.05) is 13.8 Å². The second-order valence-corrected chi connectivity index (χ2v) is 5.55. The van der Waals surface area contributed by atoms with Gasteiger partial charge in [-0.2, -0.15) is 0 Å². The molecule has 0 aliphatic rings. The second-order valence-electron chi connectivity index (χ2n) is 3.18. The van der Waals surface area contributed by atoms with Crippen molar-refractivity contribution in [2.45, 2.75) is 37.7 Å². The van der Waals surface area contributed by atoms with Crippen LogP contribution in [-0.2, 0) is 6.42 Å². The quantitative estimate of drug-likeness (QED) is 0.801. The summed E-state index contributed by atoms with van der Waals surface area (Å²) in [5, 5.41) is 20.0. The van der Waals surface area contributed by atoms with Gasteiger partial charge in [0.1, 0.15) is 0 Å². The van der Waals surface area contributed by atoms with Crippen molar-refractivity contribution < 1.29 is 10.2 Å². The normalized spacial score (nSPS) is 10.6. The summed E-state index contributed by atoms with van der Waals surface area (Å²) in [6.45, 7) is 5.19. The molecule has 0 saturated heterocycles. The third kappa shape index (κ3) is 11.2. The average molecular weight is 363 g/mol. The Balaban J connectivity index is 0. The van der Waals surface area contributed by atoms with E-state index in [1.54, 1.807) is 47.7 Å². The summed E-state index contributed by atoms with van der Waals surface area (Å²) in [5.41, 5.74) is 7.27. The van der Waals surface area contributed by atoms with Crippen molar-refractivity contribution in [1.82, 2.24) is 0 Å². The van der Waals surface area contributed by atoms with Crippen molar-refractivity contribution in [1.29, 1.82) is 0 Å². The van der Waals surface area contributed by atoms with E-state index in [-0.39, 0.29) is 19.3 Å². The molecule has 1 radical (unpaired) electrons. The largest absolute Gasteiger partial charge is 0.855 e. The predicted octanol–water partition coefficient (Wildman–Crippen LogP) is 0.630. The fraction of sp³-hybridized carbons (Fsp3) is 0.667. The monoisotopic (exact) mass is 364 g/mol. The van der Waals surface area contributed by atoms with Crippen LogP contribution < -0.4 is 15.9 Å². The Labute approximate surface area is 122 Å². The van der Waals surface area contributed by atoms with E-state index in [4.69, 9.17) is 15.9 Å². The molecule has 17 heavy (non-hydrogen) atoms. The van der Waals surface area contributed by atoms with Crippen LogP contribution in [0, 0.1) is 0 Å². The summed E-state index contributed by atoms with van der Waals surface area (Å²) in [7, 11) is 0. The molecule has 5 heteroatoms. The van der Waals surface area contributed by atoms with E-state index >= 15 is 0 Å². The van der Waals surface area contributed by atoms with Gasteiger partial charge in [0.05, 0.1) is 0 Å². The van der Waals surface area contributed by atoms with Gasteiger partial charge in [-0.25, -0.2) is 0 Å². The standard InChI is InChI=1S/C8H12NS.2C2H5O.Sn/c1-3-7-4-5-10-8(7)6(2)9;2*1-2-3;/h4-6H,1,3,9H2,2H3;2*2H2,1H3;/q;2*-1;+2. The van der Waals surface area contributed by atoms with Crippen molar-refractivity contribution in [3.8, 4) is 0 Å². The van der Waals surface area contributed by atoms with E-state index in [0.717, 1.165) is 0 Å². The van der Waals surface area contributed by atoms with Gasteiger partial charge in [-0.3, -0.25) is 0 Å². The molecule has 0 aromatic carbocycles. The minimum Gasteiger partial charge on any atom is -0.855 e. The summed E-state index contributed by atoms with van der Waals surface area (Å²) >= 11 is 3.39. The molecule has 1 heterocycles. The zero-order valence-corrected chi connectivity index (χ0v) is 14.5. The van der Waals surface area contributed by atoms with E-state index in [9.17, 15) is 0 Å². The topological polar surface area (TPSA) is 72.1 Å². The number of rotatable bonds is 3. The Hall–Kier alpha value is 0.379. The number of thiophene rings is 1. The molecule has 0 spiro atoms. The molecule has 0 bridgehead atoms. The average Bonchev–Trinajstić information content (AvgIpc) is 2.69. The Morgan fingerprint density at radius 2 is 1.82 bits per heavy atom. The maximum absolute atomic E-state index is 8.93. The van der Waals surface area contributed by atoms with Crippen LogP contribution in [0.4, 0.5) is 0 Å². The van der Waals surface area contributed by atoms with Crippen LogP contribution in [0.15, 0.2) is 11.4 Å². The van der Waals surface area contributed by atoms with Gasteiger partial charge in [0.15, 0.2) is 0 Å². The third-order valence-corrected chi connectivity index (χ3v) is 3.46. The van der Waals surface area contributed by atoms with E-state index in [2.05, 4.69) is 18.4 Å². The van der Waals surface area contributed by atoms with Crippen LogP contribution >= 0.6 is 11.3 Å². The smallest absolute Gasteiger partial charge is 0.0809 e. The second kappa shape index (κ2) is 14.4. The summed E-state index contributed by atoms with van der Waals surface area (Å²) in [6.07, 6.45) is 1.21. The Morgan fingerprint density at radius 3 is 2.18 bits per heavy atom. The number of hydrogen-bond acceptors (Lipinski definition) is 4. The molecule has 3 nitrogen and oxygen atoms in total. The zero-order valence-electron chi connectivity index (χ0n) is 10.9. The first-order valence-corrected chi connectivity index (χ1v) is 8.61. The molecular weight excluding hydrogens is 341 g/mol. The fourth-order valence-corrected chi connectivity index (χ4v) is 2.77. The van der Waals surface area contributed by atoms with Crippen molar-refractivity contribution in [3.63, 3.8) is 0 Å². The van der Waals surface area contributed by atoms with Gasteiger partial charge < -0.3 is 10.2 Å². The molecule has 1 aromatic rings. The molecular formula is C12H22NO2SSn. The molecule has 97 valence electrons. The van der Waals surface area contributed by atoms with Crippen LogP contribution in [0.1, 0.15) is 37.3 Å². The van der Waals surface area contributed by atoms with Crippen LogP contribution in [0.3, 0.4) is 0 Å². The Kier molecular flexibility index (Phi) is 16.7. The third-order valence-electron chi connectivity index (χ3n) is 1.59. The maximum atomic E-state index is 8.93. The Bertz CT molecular complexity index is 252. The maximum Gasteiger partial charge on any atom is -0.0809 e. The number of hydrogen-bond donors (Lipinski definition) is 1. The zero-order chi connectivity index (χ0) is 13.7.